The lowest BCUT2D eigenvalue weighted by molar-refractivity contribution is -0.141. The number of likely N-dealkylation sites (tertiary alicyclic amines) is 3. The minimum Gasteiger partial charge on any atom is -0.345 e. The summed E-state index contributed by atoms with van der Waals surface area (Å²) in [6, 6.07) is -1.94. The molecule has 1 radical (unpaired) electrons. The molecule has 0 bridgehead atoms. The number of hydrogen-bond donors (Lipinski definition) is 3. The van der Waals surface area contributed by atoms with E-state index in [2.05, 4.69) is 10.6 Å². The molecular weight excluding hydrogens is 432 g/mol. The highest BCUT2D eigenvalue weighted by Gasteiger charge is 2.37. The first kappa shape index (κ1) is 24.6. The molecule has 3 atom stereocenters. The molecule has 0 saturated carbocycles. The monoisotopic (exact) mass is 463 g/mol. The van der Waals surface area contributed by atoms with E-state index < -0.39 is 35.8 Å². The lowest BCUT2D eigenvalue weighted by atomic mass is 10.2. The second kappa shape index (κ2) is 11.2. The predicted octanol–water partition coefficient (Wildman–Crippen LogP) is -2.74. The van der Waals surface area contributed by atoms with Crippen LogP contribution >= 0.6 is 0 Å². The molecule has 33 heavy (non-hydrogen) atoms. The van der Waals surface area contributed by atoms with Crippen LogP contribution < -0.4 is 16.4 Å². The summed E-state index contributed by atoms with van der Waals surface area (Å²) in [6.45, 7) is 0.569. The Bertz CT molecular complexity index is 804. The number of amides is 5. The minimum absolute atomic E-state index is 0.179. The molecule has 3 saturated heterocycles. The van der Waals surface area contributed by atoms with Gasteiger partial charge in [0.25, 0.3) is 0 Å². The van der Waals surface area contributed by atoms with Gasteiger partial charge in [0.15, 0.2) is 0 Å². The van der Waals surface area contributed by atoms with Crippen LogP contribution in [0.3, 0.4) is 0 Å². The van der Waals surface area contributed by atoms with E-state index in [-0.39, 0.29) is 31.4 Å². The molecule has 3 aliphatic rings. The van der Waals surface area contributed by atoms with E-state index in [1.807, 2.05) is 6.29 Å². The first-order chi connectivity index (χ1) is 15.9. The van der Waals surface area contributed by atoms with Gasteiger partial charge in [-0.15, -0.1) is 0 Å². The van der Waals surface area contributed by atoms with Gasteiger partial charge in [-0.2, -0.15) is 0 Å². The summed E-state index contributed by atoms with van der Waals surface area (Å²) in [6.07, 6.45) is 5.40. The summed E-state index contributed by atoms with van der Waals surface area (Å²) < 4.78 is 0. The van der Waals surface area contributed by atoms with Crippen LogP contribution in [0.2, 0.25) is 0 Å². The molecule has 3 rings (SSSR count). The van der Waals surface area contributed by atoms with Crippen molar-refractivity contribution in [3.05, 3.63) is 0 Å². The Morgan fingerprint density at radius 3 is 1.70 bits per heavy atom. The Balaban J connectivity index is 1.47. The fraction of sp³-hybridized carbons (Fsp3) is 0.714. The normalized spacial score (nSPS) is 24.6. The van der Waals surface area contributed by atoms with Crippen molar-refractivity contribution in [3.63, 3.8) is 0 Å². The van der Waals surface area contributed by atoms with Crippen LogP contribution in [0, 0.1) is 0 Å². The Morgan fingerprint density at radius 2 is 1.18 bits per heavy atom. The lowest BCUT2D eigenvalue weighted by Gasteiger charge is -2.26. The van der Waals surface area contributed by atoms with E-state index in [0.29, 0.717) is 51.7 Å². The number of carbonyl (C=O) groups is 5. The van der Waals surface area contributed by atoms with Crippen molar-refractivity contribution in [1.82, 2.24) is 25.3 Å². The molecule has 0 aromatic rings. The fourth-order valence-corrected chi connectivity index (χ4v) is 4.74. The number of nitrogens with two attached hydrogens (primary N) is 1. The van der Waals surface area contributed by atoms with E-state index in [1.165, 1.54) is 14.7 Å². The summed E-state index contributed by atoms with van der Waals surface area (Å²) >= 11 is 0. The van der Waals surface area contributed by atoms with E-state index in [4.69, 9.17) is 5.73 Å². The van der Waals surface area contributed by atoms with Gasteiger partial charge in [-0.05, 0) is 38.5 Å². The van der Waals surface area contributed by atoms with Crippen molar-refractivity contribution in [3.8, 4) is 0 Å². The third kappa shape index (κ3) is 5.67. The fourth-order valence-electron chi connectivity index (χ4n) is 4.74. The van der Waals surface area contributed by atoms with Gasteiger partial charge < -0.3 is 31.1 Å². The van der Waals surface area contributed by atoms with Crippen LogP contribution in [-0.2, 0) is 28.8 Å². The third-order valence-corrected chi connectivity index (χ3v) is 6.46. The Labute approximate surface area is 192 Å². The maximum absolute atomic E-state index is 12.7. The highest BCUT2D eigenvalue weighted by Crippen LogP contribution is 2.19. The van der Waals surface area contributed by atoms with Crippen molar-refractivity contribution in [2.24, 2.45) is 5.73 Å². The summed E-state index contributed by atoms with van der Waals surface area (Å²) in [4.78, 5) is 77.2. The topological polar surface area (TPSA) is 162 Å². The van der Waals surface area contributed by atoms with Gasteiger partial charge in [0.2, 0.25) is 35.8 Å². The molecule has 0 spiro atoms. The predicted molar refractivity (Wildman–Crippen MR) is 115 cm³/mol. The SMILES string of the molecule is NCC(=O)N1CCC[C@H]1C(=O)NCC(=O)N1CCC[C@H]1C(=O)NCC(=O)N1CCC[C@H]1[C]=O. The van der Waals surface area contributed by atoms with Crippen LogP contribution in [0.4, 0.5) is 0 Å². The zero-order chi connectivity index (χ0) is 24.0. The zero-order valence-electron chi connectivity index (χ0n) is 18.6. The van der Waals surface area contributed by atoms with Crippen molar-refractivity contribution in [2.45, 2.75) is 56.7 Å². The molecule has 0 aromatic carbocycles. The van der Waals surface area contributed by atoms with E-state index in [0.717, 1.165) is 6.42 Å². The summed E-state index contributed by atoms with van der Waals surface area (Å²) in [7, 11) is 0. The number of rotatable bonds is 8. The Hall–Kier alpha value is -3.02. The van der Waals surface area contributed by atoms with Gasteiger partial charge in [-0.25, -0.2) is 0 Å². The van der Waals surface area contributed by atoms with Gasteiger partial charge in [0.1, 0.15) is 12.1 Å². The zero-order valence-corrected chi connectivity index (χ0v) is 18.6. The molecule has 181 valence electrons. The average molecular weight is 464 g/mol. The van der Waals surface area contributed by atoms with Crippen LogP contribution in [-0.4, -0.2) is 108 Å². The molecule has 0 unspecified atom stereocenters. The quantitative estimate of drug-likeness (QED) is 0.352. The second-order valence-electron chi connectivity index (χ2n) is 8.49. The van der Waals surface area contributed by atoms with Gasteiger partial charge in [-0.1, -0.05) is 0 Å². The molecular formula is C21H31N6O6. The number of nitrogens with zero attached hydrogens (tertiary/aromatic N) is 3. The molecule has 12 heteroatoms. The van der Waals surface area contributed by atoms with Gasteiger partial charge in [0, 0.05) is 19.6 Å². The molecule has 0 aromatic heterocycles. The van der Waals surface area contributed by atoms with Crippen molar-refractivity contribution < 1.29 is 28.8 Å². The van der Waals surface area contributed by atoms with Gasteiger partial charge >= 0.3 is 0 Å². The van der Waals surface area contributed by atoms with Crippen molar-refractivity contribution in [2.75, 3.05) is 39.3 Å². The summed E-state index contributed by atoms with van der Waals surface area (Å²) in [5.41, 5.74) is 5.39. The first-order valence-electron chi connectivity index (χ1n) is 11.4. The largest absolute Gasteiger partial charge is 0.345 e. The number of nitrogens with one attached hydrogen (secondary N) is 2. The minimum atomic E-state index is -0.726. The maximum Gasteiger partial charge on any atom is 0.243 e. The third-order valence-electron chi connectivity index (χ3n) is 6.46. The smallest absolute Gasteiger partial charge is 0.243 e. The van der Waals surface area contributed by atoms with Crippen LogP contribution in [0.15, 0.2) is 0 Å². The first-order valence-corrected chi connectivity index (χ1v) is 11.4. The summed E-state index contributed by atoms with van der Waals surface area (Å²) in [5, 5.41) is 5.14. The lowest BCUT2D eigenvalue weighted by Crippen LogP contribution is -2.53. The molecule has 0 aliphatic carbocycles. The number of hydrogen-bond acceptors (Lipinski definition) is 7. The van der Waals surface area contributed by atoms with Crippen molar-refractivity contribution >= 4 is 35.8 Å². The van der Waals surface area contributed by atoms with Crippen LogP contribution in [0.5, 0.6) is 0 Å². The number of carbonyl (C=O) groups excluding carboxylic acids is 6. The van der Waals surface area contributed by atoms with Gasteiger partial charge in [-0.3, -0.25) is 28.8 Å². The molecule has 4 N–H and O–H groups in total. The van der Waals surface area contributed by atoms with E-state index in [9.17, 15) is 28.8 Å². The molecule has 3 aliphatic heterocycles. The standard InChI is InChI=1S/C21H31N6O6/c22-10-17(29)26-8-2-5-15(26)20(32)24-12-19(31)27-9-3-6-16(27)21(33)23-11-18(30)25-7-1-4-14(25)13-28/h14-16H,1-12,22H2,(H,23,33)(H,24,32)/t14-,15-,16-/m0/s1. The van der Waals surface area contributed by atoms with Crippen molar-refractivity contribution in [1.29, 1.82) is 0 Å². The van der Waals surface area contributed by atoms with Crippen LogP contribution in [0.25, 0.3) is 0 Å². The summed E-state index contributed by atoms with van der Waals surface area (Å²) in [5.74, 6) is -1.93. The Kier molecular flexibility index (Phi) is 8.37. The van der Waals surface area contributed by atoms with Crippen LogP contribution in [0.1, 0.15) is 38.5 Å². The van der Waals surface area contributed by atoms with Gasteiger partial charge in [0.05, 0.1) is 25.7 Å². The molecule has 3 fully saturated rings. The highest BCUT2D eigenvalue weighted by molar-refractivity contribution is 5.94. The maximum atomic E-state index is 12.7. The molecule has 5 amide bonds. The molecule has 3 heterocycles. The highest BCUT2D eigenvalue weighted by atomic mass is 16.2. The average Bonchev–Trinajstić information content (AvgIpc) is 3.59. The van der Waals surface area contributed by atoms with E-state index >= 15 is 0 Å². The Morgan fingerprint density at radius 1 is 0.727 bits per heavy atom. The van der Waals surface area contributed by atoms with E-state index in [1.54, 1.807) is 0 Å². The second-order valence-corrected chi connectivity index (χ2v) is 8.49. The molecule has 12 nitrogen and oxygen atoms in total.